The average Bonchev–Trinajstić information content (AvgIpc) is 3.33. The molecule has 37 heavy (non-hydrogen) atoms. The number of piperazine rings is 1. The summed E-state index contributed by atoms with van der Waals surface area (Å²) in [5.41, 5.74) is 1.96. The number of amides is 1. The number of esters is 1. The van der Waals surface area contributed by atoms with Crippen LogP contribution in [0.15, 0.2) is 64.9 Å². The van der Waals surface area contributed by atoms with Crippen molar-refractivity contribution in [1.29, 1.82) is 5.26 Å². The number of rotatable bonds is 8. The Morgan fingerprint density at radius 3 is 2.41 bits per heavy atom. The molecule has 9 nitrogen and oxygen atoms in total. The number of nitrogens with one attached hydrogen (secondary N) is 1. The Balaban J connectivity index is 1.42. The van der Waals surface area contributed by atoms with E-state index in [4.69, 9.17) is 4.74 Å². The number of anilines is 1. The molecular formula is C26H26N4O5S2. The quantitative estimate of drug-likeness (QED) is 0.437. The Hall–Kier alpha value is -3.56. The van der Waals surface area contributed by atoms with Crippen molar-refractivity contribution < 1.29 is 22.7 Å². The van der Waals surface area contributed by atoms with Crippen LogP contribution in [0.2, 0.25) is 0 Å². The predicted octanol–water partition coefficient (Wildman–Crippen LogP) is 3.41. The molecule has 0 bridgehead atoms. The van der Waals surface area contributed by atoms with E-state index in [1.54, 1.807) is 19.1 Å². The molecule has 1 aliphatic rings. The van der Waals surface area contributed by atoms with Crippen molar-refractivity contribution in [3.05, 3.63) is 71.1 Å². The first-order valence-corrected chi connectivity index (χ1v) is 14.0. The minimum atomic E-state index is -3.82. The van der Waals surface area contributed by atoms with Crippen molar-refractivity contribution in [2.24, 2.45) is 0 Å². The van der Waals surface area contributed by atoms with Crippen LogP contribution in [-0.2, 0) is 19.6 Å². The van der Waals surface area contributed by atoms with Crippen LogP contribution in [0, 0.1) is 11.3 Å². The molecule has 0 spiro atoms. The number of sulfonamides is 1. The maximum atomic E-state index is 13.0. The molecule has 4 rings (SSSR count). The number of nitrogens with zero attached hydrogens (tertiary/aromatic N) is 3. The third-order valence-electron chi connectivity index (χ3n) is 5.93. The Morgan fingerprint density at radius 2 is 1.73 bits per heavy atom. The lowest BCUT2D eigenvalue weighted by molar-refractivity contribution is -0.117. The zero-order valence-corrected chi connectivity index (χ0v) is 21.8. The predicted molar refractivity (Wildman–Crippen MR) is 141 cm³/mol. The molecule has 2 heterocycles. The normalized spacial score (nSPS) is 14.6. The standard InChI is InChI=1S/C26H26N4O5S2/c1-2-35-26(32)24-21(19-8-4-3-5-9-19)18-36-25(24)28-23(31)17-29-12-14-30(15-13-29)37(33,34)22-11-7-6-10-20(22)16-27/h3-11,18H,2,12-15,17H2,1H3,(H,28,31). The lowest BCUT2D eigenvalue weighted by atomic mass is 10.0. The topological polar surface area (TPSA) is 120 Å². The molecule has 1 saturated heterocycles. The maximum Gasteiger partial charge on any atom is 0.341 e. The number of ether oxygens (including phenoxy) is 1. The first-order chi connectivity index (χ1) is 17.8. The Bertz CT molecular complexity index is 1420. The van der Waals surface area contributed by atoms with Gasteiger partial charge in [-0.25, -0.2) is 13.2 Å². The van der Waals surface area contributed by atoms with Crippen molar-refractivity contribution in [2.45, 2.75) is 11.8 Å². The highest BCUT2D eigenvalue weighted by molar-refractivity contribution is 7.89. The summed E-state index contributed by atoms with van der Waals surface area (Å²) < 4.78 is 32.7. The van der Waals surface area contributed by atoms with Crippen molar-refractivity contribution in [3.8, 4) is 17.2 Å². The molecule has 1 amide bonds. The molecular weight excluding hydrogens is 512 g/mol. The van der Waals surface area contributed by atoms with E-state index in [0.717, 1.165) is 5.56 Å². The molecule has 1 aromatic heterocycles. The third-order valence-corrected chi connectivity index (χ3v) is 8.78. The number of nitriles is 1. The van der Waals surface area contributed by atoms with Crippen LogP contribution in [0.5, 0.6) is 0 Å². The van der Waals surface area contributed by atoms with Crippen LogP contribution >= 0.6 is 11.3 Å². The van der Waals surface area contributed by atoms with E-state index in [1.807, 2.05) is 46.7 Å². The fourth-order valence-corrected chi connectivity index (χ4v) is 6.64. The number of thiophene rings is 1. The van der Waals surface area contributed by atoms with E-state index in [9.17, 15) is 23.3 Å². The molecule has 0 aliphatic carbocycles. The van der Waals surface area contributed by atoms with Gasteiger partial charge in [-0.3, -0.25) is 9.69 Å². The van der Waals surface area contributed by atoms with Gasteiger partial charge in [-0.15, -0.1) is 11.3 Å². The van der Waals surface area contributed by atoms with Gasteiger partial charge in [0.2, 0.25) is 15.9 Å². The summed E-state index contributed by atoms with van der Waals surface area (Å²) in [5.74, 6) is -0.812. The van der Waals surface area contributed by atoms with E-state index in [1.165, 1.54) is 27.8 Å². The highest BCUT2D eigenvalue weighted by atomic mass is 32.2. The number of hydrogen-bond acceptors (Lipinski definition) is 8. The fourth-order valence-electron chi connectivity index (χ4n) is 4.11. The van der Waals surface area contributed by atoms with Gasteiger partial charge >= 0.3 is 5.97 Å². The van der Waals surface area contributed by atoms with E-state index >= 15 is 0 Å². The minimum absolute atomic E-state index is 0.0119. The van der Waals surface area contributed by atoms with Gasteiger partial charge in [-0.2, -0.15) is 9.57 Å². The Morgan fingerprint density at radius 1 is 1.05 bits per heavy atom. The Labute approximate surface area is 219 Å². The van der Waals surface area contributed by atoms with Gasteiger partial charge in [0.15, 0.2) is 0 Å². The van der Waals surface area contributed by atoms with Gasteiger partial charge in [0.25, 0.3) is 0 Å². The zero-order valence-electron chi connectivity index (χ0n) is 20.2. The van der Waals surface area contributed by atoms with Crippen molar-refractivity contribution in [2.75, 3.05) is 44.6 Å². The van der Waals surface area contributed by atoms with Crippen LogP contribution in [0.25, 0.3) is 11.1 Å². The summed E-state index contributed by atoms with van der Waals surface area (Å²) in [6.07, 6.45) is 0. The highest BCUT2D eigenvalue weighted by Crippen LogP contribution is 2.36. The largest absolute Gasteiger partial charge is 0.462 e. The van der Waals surface area contributed by atoms with Gasteiger partial charge in [0.1, 0.15) is 16.6 Å². The second-order valence-corrected chi connectivity index (χ2v) is 11.1. The Kier molecular flexibility index (Phi) is 8.35. The first-order valence-electron chi connectivity index (χ1n) is 11.7. The summed E-state index contributed by atoms with van der Waals surface area (Å²) in [4.78, 5) is 27.4. The second kappa shape index (κ2) is 11.7. The molecule has 0 atom stereocenters. The van der Waals surface area contributed by atoms with Gasteiger partial charge < -0.3 is 10.1 Å². The van der Waals surface area contributed by atoms with E-state index in [0.29, 0.717) is 29.2 Å². The summed E-state index contributed by atoms with van der Waals surface area (Å²) in [7, 11) is -3.82. The second-order valence-electron chi connectivity index (χ2n) is 8.28. The smallest absolute Gasteiger partial charge is 0.341 e. The summed E-state index contributed by atoms with van der Waals surface area (Å²) in [6, 6.07) is 17.5. The molecule has 0 radical (unpaired) electrons. The minimum Gasteiger partial charge on any atom is -0.462 e. The van der Waals surface area contributed by atoms with Crippen LogP contribution in [-0.4, -0.2) is 68.8 Å². The maximum absolute atomic E-state index is 13.0. The summed E-state index contributed by atoms with van der Waals surface area (Å²) in [5, 5.41) is 14.4. The highest BCUT2D eigenvalue weighted by Gasteiger charge is 2.31. The third kappa shape index (κ3) is 5.89. The summed E-state index contributed by atoms with van der Waals surface area (Å²) in [6.45, 7) is 3.08. The molecule has 0 saturated carbocycles. The first kappa shape index (κ1) is 26.5. The van der Waals surface area contributed by atoms with Gasteiger partial charge in [-0.05, 0) is 24.6 Å². The molecule has 0 unspecified atom stereocenters. The van der Waals surface area contributed by atoms with Crippen molar-refractivity contribution in [3.63, 3.8) is 0 Å². The SMILES string of the molecule is CCOC(=O)c1c(-c2ccccc2)csc1NC(=O)CN1CCN(S(=O)(=O)c2ccccc2C#N)CC1. The van der Waals surface area contributed by atoms with Crippen LogP contribution in [0.1, 0.15) is 22.8 Å². The molecule has 1 fully saturated rings. The average molecular weight is 539 g/mol. The van der Waals surface area contributed by atoms with Crippen LogP contribution in [0.3, 0.4) is 0 Å². The van der Waals surface area contributed by atoms with Gasteiger partial charge in [0, 0.05) is 37.1 Å². The van der Waals surface area contributed by atoms with E-state index in [2.05, 4.69) is 5.32 Å². The number of benzene rings is 2. The number of carbonyl (C=O) groups is 2. The molecule has 3 aromatic rings. The fraction of sp³-hybridized carbons (Fsp3) is 0.269. The van der Waals surface area contributed by atoms with Crippen LogP contribution < -0.4 is 5.32 Å². The molecule has 1 N–H and O–H groups in total. The lowest BCUT2D eigenvalue weighted by Gasteiger charge is -2.33. The van der Waals surface area contributed by atoms with E-state index in [-0.39, 0.29) is 42.6 Å². The number of hydrogen-bond donors (Lipinski definition) is 1. The molecule has 192 valence electrons. The van der Waals surface area contributed by atoms with Gasteiger partial charge in [-0.1, -0.05) is 42.5 Å². The molecule has 2 aromatic carbocycles. The van der Waals surface area contributed by atoms with Crippen molar-refractivity contribution in [1.82, 2.24) is 9.21 Å². The molecule has 11 heteroatoms. The van der Waals surface area contributed by atoms with Gasteiger partial charge in [0.05, 0.1) is 23.6 Å². The van der Waals surface area contributed by atoms with Crippen LogP contribution in [0.4, 0.5) is 5.00 Å². The lowest BCUT2D eigenvalue weighted by Crippen LogP contribution is -2.50. The summed E-state index contributed by atoms with van der Waals surface area (Å²) >= 11 is 1.26. The zero-order chi connectivity index (χ0) is 26.4. The monoisotopic (exact) mass is 538 g/mol. The number of carbonyl (C=O) groups excluding carboxylic acids is 2. The molecule has 1 aliphatic heterocycles. The van der Waals surface area contributed by atoms with E-state index < -0.39 is 16.0 Å². The van der Waals surface area contributed by atoms with Crippen molar-refractivity contribution >= 4 is 38.2 Å².